The van der Waals surface area contributed by atoms with Gasteiger partial charge < -0.3 is 10.1 Å². The standard InChI is InChI=1S/C12H14ClNO2/c1-8(12(15)14-10-5-6-10)16-11-4-2-3-9(13)7-11/h2-4,7-8,10H,5-6H2,1H3,(H,14,15)/t8-/m1/s1. The zero-order valence-electron chi connectivity index (χ0n) is 9.07. The molecule has 4 heteroatoms. The average Bonchev–Trinajstić information content (AvgIpc) is 3.01. The van der Waals surface area contributed by atoms with Gasteiger partial charge in [-0.05, 0) is 38.0 Å². The van der Waals surface area contributed by atoms with E-state index in [-0.39, 0.29) is 5.91 Å². The van der Waals surface area contributed by atoms with Crippen LogP contribution in [0.15, 0.2) is 24.3 Å². The molecule has 0 unspecified atom stereocenters. The molecule has 2 rings (SSSR count). The van der Waals surface area contributed by atoms with Crippen LogP contribution in [0.4, 0.5) is 0 Å². The predicted molar refractivity (Wildman–Crippen MR) is 62.7 cm³/mol. The summed E-state index contributed by atoms with van der Waals surface area (Å²) in [5.41, 5.74) is 0. The van der Waals surface area contributed by atoms with Crippen LogP contribution in [-0.4, -0.2) is 18.1 Å². The molecule has 0 radical (unpaired) electrons. The first-order chi connectivity index (χ1) is 7.65. The van der Waals surface area contributed by atoms with Crippen molar-refractivity contribution in [2.24, 2.45) is 0 Å². The number of nitrogens with one attached hydrogen (secondary N) is 1. The molecule has 0 aliphatic heterocycles. The van der Waals surface area contributed by atoms with Crippen LogP contribution in [-0.2, 0) is 4.79 Å². The number of ether oxygens (including phenoxy) is 1. The summed E-state index contributed by atoms with van der Waals surface area (Å²) in [5, 5.41) is 3.50. The largest absolute Gasteiger partial charge is 0.481 e. The molecule has 1 aliphatic carbocycles. The van der Waals surface area contributed by atoms with Crippen LogP contribution in [0.3, 0.4) is 0 Å². The van der Waals surface area contributed by atoms with Gasteiger partial charge in [-0.3, -0.25) is 4.79 Å². The Labute approximate surface area is 99.7 Å². The molecule has 1 aromatic rings. The molecule has 0 heterocycles. The Bertz CT molecular complexity index is 390. The van der Waals surface area contributed by atoms with Crippen molar-refractivity contribution >= 4 is 17.5 Å². The van der Waals surface area contributed by atoms with Crippen LogP contribution < -0.4 is 10.1 Å². The third kappa shape index (κ3) is 3.14. The lowest BCUT2D eigenvalue weighted by atomic mass is 10.3. The molecular weight excluding hydrogens is 226 g/mol. The molecule has 1 aromatic carbocycles. The van der Waals surface area contributed by atoms with Crippen molar-refractivity contribution in [3.8, 4) is 5.75 Å². The fraction of sp³-hybridized carbons (Fsp3) is 0.417. The van der Waals surface area contributed by atoms with Gasteiger partial charge in [0.2, 0.25) is 0 Å². The summed E-state index contributed by atoms with van der Waals surface area (Å²) in [5.74, 6) is 0.549. The molecule has 16 heavy (non-hydrogen) atoms. The van der Waals surface area contributed by atoms with Crippen molar-refractivity contribution in [1.29, 1.82) is 0 Å². The molecule has 1 N–H and O–H groups in total. The number of rotatable bonds is 4. The number of carbonyl (C=O) groups is 1. The number of hydrogen-bond acceptors (Lipinski definition) is 2. The van der Waals surface area contributed by atoms with E-state index >= 15 is 0 Å². The van der Waals surface area contributed by atoms with Crippen LogP contribution in [0.5, 0.6) is 5.75 Å². The highest BCUT2D eigenvalue weighted by Gasteiger charge is 2.26. The van der Waals surface area contributed by atoms with E-state index in [0.717, 1.165) is 12.8 Å². The number of halogens is 1. The lowest BCUT2D eigenvalue weighted by Crippen LogP contribution is -2.37. The highest BCUT2D eigenvalue weighted by atomic mass is 35.5. The van der Waals surface area contributed by atoms with Gasteiger partial charge in [0.15, 0.2) is 6.10 Å². The van der Waals surface area contributed by atoms with E-state index in [2.05, 4.69) is 5.32 Å². The maximum Gasteiger partial charge on any atom is 0.260 e. The smallest absolute Gasteiger partial charge is 0.260 e. The summed E-state index contributed by atoms with van der Waals surface area (Å²) in [6.45, 7) is 1.73. The van der Waals surface area contributed by atoms with Gasteiger partial charge in [-0.1, -0.05) is 17.7 Å². The second-order valence-corrected chi connectivity index (χ2v) is 4.44. The van der Waals surface area contributed by atoms with E-state index in [4.69, 9.17) is 16.3 Å². The molecule has 0 saturated heterocycles. The van der Waals surface area contributed by atoms with Gasteiger partial charge in [-0.25, -0.2) is 0 Å². The van der Waals surface area contributed by atoms with Gasteiger partial charge in [-0.2, -0.15) is 0 Å². The minimum atomic E-state index is -0.487. The zero-order chi connectivity index (χ0) is 11.5. The summed E-state index contributed by atoms with van der Waals surface area (Å²) in [4.78, 5) is 11.6. The molecule has 1 amide bonds. The van der Waals surface area contributed by atoms with Crippen molar-refractivity contribution in [3.05, 3.63) is 29.3 Å². The van der Waals surface area contributed by atoms with Gasteiger partial charge in [0.05, 0.1) is 0 Å². The van der Waals surface area contributed by atoms with Crippen LogP contribution in [0, 0.1) is 0 Å². The Morgan fingerprint density at radius 1 is 1.56 bits per heavy atom. The Hall–Kier alpha value is -1.22. The summed E-state index contributed by atoms with van der Waals surface area (Å²) in [6.07, 6.45) is 1.67. The highest BCUT2D eigenvalue weighted by molar-refractivity contribution is 6.30. The van der Waals surface area contributed by atoms with Crippen molar-refractivity contribution in [3.63, 3.8) is 0 Å². The van der Waals surface area contributed by atoms with Crippen molar-refractivity contribution in [2.75, 3.05) is 0 Å². The molecule has 0 aromatic heterocycles. The summed E-state index contributed by atoms with van der Waals surface area (Å²) >= 11 is 5.82. The number of hydrogen-bond donors (Lipinski definition) is 1. The molecule has 1 atom stereocenters. The second kappa shape index (κ2) is 4.74. The molecule has 1 fully saturated rings. The fourth-order valence-electron chi connectivity index (χ4n) is 1.34. The quantitative estimate of drug-likeness (QED) is 0.876. The van der Waals surface area contributed by atoms with E-state index in [9.17, 15) is 4.79 Å². The first-order valence-corrected chi connectivity index (χ1v) is 5.75. The van der Waals surface area contributed by atoms with E-state index < -0.39 is 6.10 Å². The van der Waals surface area contributed by atoms with E-state index in [1.165, 1.54) is 0 Å². The summed E-state index contributed by atoms with van der Waals surface area (Å²) < 4.78 is 5.49. The fourth-order valence-corrected chi connectivity index (χ4v) is 1.52. The Balaban J connectivity index is 1.90. The van der Waals surface area contributed by atoms with Gasteiger partial charge in [0, 0.05) is 11.1 Å². The second-order valence-electron chi connectivity index (χ2n) is 4.00. The molecule has 86 valence electrons. The Morgan fingerprint density at radius 3 is 2.94 bits per heavy atom. The lowest BCUT2D eigenvalue weighted by Gasteiger charge is -2.14. The minimum absolute atomic E-state index is 0.0672. The van der Waals surface area contributed by atoms with E-state index in [1.807, 2.05) is 0 Å². The highest BCUT2D eigenvalue weighted by Crippen LogP contribution is 2.20. The third-order valence-electron chi connectivity index (χ3n) is 2.40. The Morgan fingerprint density at radius 2 is 2.31 bits per heavy atom. The van der Waals surface area contributed by atoms with E-state index in [0.29, 0.717) is 16.8 Å². The van der Waals surface area contributed by atoms with Crippen LogP contribution in [0.1, 0.15) is 19.8 Å². The van der Waals surface area contributed by atoms with Gasteiger partial charge >= 0.3 is 0 Å². The molecule has 3 nitrogen and oxygen atoms in total. The van der Waals surface area contributed by atoms with Gasteiger partial charge in [0.25, 0.3) is 5.91 Å². The summed E-state index contributed by atoms with van der Waals surface area (Å²) in [7, 11) is 0. The van der Waals surface area contributed by atoms with Crippen LogP contribution in [0.25, 0.3) is 0 Å². The van der Waals surface area contributed by atoms with Crippen molar-refractivity contribution in [2.45, 2.75) is 31.9 Å². The summed E-state index contributed by atoms with van der Waals surface area (Å²) in [6, 6.07) is 7.40. The minimum Gasteiger partial charge on any atom is -0.481 e. The molecule has 0 spiro atoms. The molecule has 1 saturated carbocycles. The Kier molecular flexibility index (Phi) is 3.34. The number of carbonyl (C=O) groups excluding carboxylic acids is 1. The topological polar surface area (TPSA) is 38.3 Å². The first-order valence-electron chi connectivity index (χ1n) is 5.38. The number of amides is 1. The molecular formula is C12H14ClNO2. The normalized spacial score (nSPS) is 16.6. The third-order valence-corrected chi connectivity index (χ3v) is 2.64. The zero-order valence-corrected chi connectivity index (χ0v) is 9.83. The van der Waals surface area contributed by atoms with Crippen molar-refractivity contribution < 1.29 is 9.53 Å². The van der Waals surface area contributed by atoms with E-state index in [1.54, 1.807) is 31.2 Å². The average molecular weight is 240 g/mol. The van der Waals surface area contributed by atoms with Crippen LogP contribution >= 0.6 is 11.6 Å². The maximum atomic E-state index is 11.6. The van der Waals surface area contributed by atoms with Crippen LogP contribution in [0.2, 0.25) is 5.02 Å². The van der Waals surface area contributed by atoms with Gasteiger partial charge in [-0.15, -0.1) is 0 Å². The molecule has 0 bridgehead atoms. The molecule has 1 aliphatic rings. The maximum absolute atomic E-state index is 11.6. The predicted octanol–water partition coefficient (Wildman–Crippen LogP) is 2.39. The lowest BCUT2D eigenvalue weighted by molar-refractivity contribution is -0.127. The first kappa shape index (κ1) is 11.3. The SMILES string of the molecule is C[C@@H](Oc1cccc(Cl)c1)C(=O)NC1CC1. The van der Waals surface area contributed by atoms with Gasteiger partial charge in [0.1, 0.15) is 5.75 Å². The number of benzene rings is 1. The van der Waals surface area contributed by atoms with Crippen molar-refractivity contribution in [1.82, 2.24) is 5.32 Å². The monoisotopic (exact) mass is 239 g/mol.